The summed E-state index contributed by atoms with van der Waals surface area (Å²) in [4.78, 5) is 78.3. The average molecular weight is 949 g/mol. The van der Waals surface area contributed by atoms with E-state index in [9.17, 15) is 29.1 Å². The molecule has 0 unspecified atom stereocenters. The van der Waals surface area contributed by atoms with Gasteiger partial charge in [-0.05, 0) is 111 Å². The fourth-order valence-electron chi connectivity index (χ4n) is 10.4. The lowest BCUT2D eigenvalue weighted by Crippen LogP contribution is -2.62. The van der Waals surface area contributed by atoms with E-state index in [4.69, 9.17) is 20.2 Å². The molecule has 69 heavy (non-hydrogen) atoms. The normalized spacial score (nSPS) is 20.5. The molecule has 3 aliphatic heterocycles. The Balaban J connectivity index is 1.27. The average Bonchev–Trinajstić information content (AvgIpc) is 3.64. The van der Waals surface area contributed by atoms with Crippen LogP contribution in [0.5, 0.6) is 5.75 Å². The van der Waals surface area contributed by atoms with Gasteiger partial charge in [0.05, 0.1) is 24.1 Å². The number of carbonyl (C=O) groups is 5. The van der Waals surface area contributed by atoms with E-state index in [-0.39, 0.29) is 67.5 Å². The number of pyridine rings is 1. The molecule has 0 aliphatic carbocycles. The van der Waals surface area contributed by atoms with Gasteiger partial charge in [0.25, 0.3) is 5.91 Å². The van der Waals surface area contributed by atoms with Crippen LogP contribution in [0.25, 0.3) is 33.3 Å². The number of hydrogen-bond donors (Lipinski definition) is 4. The summed E-state index contributed by atoms with van der Waals surface area (Å²) < 4.78 is 14.2. The summed E-state index contributed by atoms with van der Waals surface area (Å²) in [6, 6.07) is 12.6. The topological polar surface area (TPSA) is 202 Å². The van der Waals surface area contributed by atoms with Crippen molar-refractivity contribution in [2.24, 2.45) is 28.9 Å². The minimum absolute atomic E-state index is 0.00500. The number of nitrogens with one attached hydrogen (secondary N) is 2. The highest BCUT2D eigenvalue weighted by Crippen LogP contribution is 2.42. The van der Waals surface area contributed by atoms with Gasteiger partial charge in [-0.1, -0.05) is 46.8 Å². The van der Waals surface area contributed by atoms with Crippen LogP contribution in [-0.2, 0) is 52.8 Å². The van der Waals surface area contributed by atoms with Crippen molar-refractivity contribution in [2.45, 2.75) is 118 Å². The van der Waals surface area contributed by atoms with E-state index in [1.165, 1.54) is 9.91 Å². The Hall–Kier alpha value is -5.84. The maximum absolute atomic E-state index is 14.8. The molecule has 16 nitrogen and oxygen atoms in total. The van der Waals surface area contributed by atoms with E-state index in [1.54, 1.807) is 44.3 Å². The first-order valence-electron chi connectivity index (χ1n) is 24.6. The quantitative estimate of drug-likeness (QED) is 0.133. The van der Waals surface area contributed by atoms with Crippen LogP contribution in [0.4, 0.5) is 0 Å². The molecule has 4 amide bonds. The number of benzene rings is 2. The number of ether oxygens (including phenoxy) is 2. The van der Waals surface area contributed by atoms with Gasteiger partial charge < -0.3 is 40.0 Å². The van der Waals surface area contributed by atoms with E-state index in [1.807, 2.05) is 39.0 Å². The second kappa shape index (κ2) is 21.4. The predicted octanol–water partition coefficient (Wildman–Crippen LogP) is 5.77. The number of aryl methyl sites for hydroxylation is 1. The molecule has 2 aromatic heterocycles. The third kappa shape index (κ3) is 11.0. The predicted molar refractivity (Wildman–Crippen MR) is 264 cm³/mol. The number of piperidine rings is 1. The lowest BCUT2D eigenvalue weighted by molar-refractivity contribution is -0.155. The summed E-state index contributed by atoms with van der Waals surface area (Å²) in [5.41, 5.74) is 15.3. The van der Waals surface area contributed by atoms with Crippen molar-refractivity contribution in [3.8, 4) is 28.1 Å². The molecule has 6 bridgehead atoms. The van der Waals surface area contributed by atoms with Crippen LogP contribution >= 0.6 is 0 Å². The Labute approximate surface area is 406 Å². The maximum atomic E-state index is 14.8. The highest BCUT2D eigenvalue weighted by Gasteiger charge is 2.40. The number of phenolic OH excluding ortho intramolecular Hbond substituents is 1. The number of nitrogens with zero attached hydrogens (tertiary/aromatic N) is 5. The van der Waals surface area contributed by atoms with E-state index >= 15 is 0 Å². The first-order chi connectivity index (χ1) is 32.9. The summed E-state index contributed by atoms with van der Waals surface area (Å²) in [6.45, 7) is 15.9. The largest absolute Gasteiger partial charge is 0.508 e. The molecule has 0 saturated carbocycles. The minimum Gasteiger partial charge on any atom is -0.508 e. The second-order valence-electron chi connectivity index (χ2n) is 20.4. The summed E-state index contributed by atoms with van der Waals surface area (Å²) >= 11 is 0. The summed E-state index contributed by atoms with van der Waals surface area (Å²) in [7, 11) is 3.29. The van der Waals surface area contributed by atoms with Gasteiger partial charge in [-0.25, -0.2) is 5.43 Å². The highest BCUT2D eigenvalue weighted by atomic mass is 16.5. The van der Waals surface area contributed by atoms with Crippen LogP contribution in [0.3, 0.4) is 0 Å². The number of likely N-dealkylation sites (tertiary alicyclic amines) is 1. The van der Waals surface area contributed by atoms with Crippen LogP contribution in [-0.4, -0.2) is 124 Å². The number of fused-ring (bicyclic) bond motifs is 6. The van der Waals surface area contributed by atoms with Gasteiger partial charge in [0.15, 0.2) is 0 Å². The van der Waals surface area contributed by atoms with Gasteiger partial charge in [-0.2, -0.15) is 0 Å². The molecule has 5 heterocycles. The molecule has 2 saturated heterocycles. The first kappa shape index (κ1) is 51.0. The Bertz CT molecular complexity index is 2550. The number of carbonyl (C=O) groups excluding carboxylic acids is 5. The number of cyclic esters (lactones) is 1. The Morgan fingerprint density at radius 3 is 2.45 bits per heavy atom. The standard InChI is InChI=1S/C53H72N8O8/c1-10-60-44-16-15-36-27-40(44)41(47(60)39-13-11-19-55-45(39)33(5)68-9)28-53(6,7)30-69-52(67)42-14-12-20-61(57-42)51(66)43(25-34-23-37(36)26-38(62)24-34)56-48(63)46(31(2)3)58(8)50(65)35-17-21-59(22-18-35)49(64)32(4)29-54/h11,13,15-16,19,23-24,26-27,31-33,35,42-43,46,57,62H,10,12,14,17-18,20-22,25,28-30,54H2,1-9H3,(H,56,63)/t32-,33-,42-,43-,46-/m0/s1. The molecule has 372 valence electrons. The molecule has 2 aromatic carbocycles. The molecule has 5 atom stereocenters. The number of hydrazine groups is 1. The first-order valence-corrected chi connectivity index (χ1v) is 24.6. The van der Waals surface area contributed by atoms with Crippen molar-refractivity contribution < 1.29 is 38.6 Å². The molecule has 7 rings (SSSR count). The maximum Gasteiger partial charge on any atom is 0.324 e. The van der Waals surface area contributed by atoms with Gasteiger partial charge in [-0.3, -0.25) is 34.0 Å². The number of hydrogen-bond acceptors (Lipinski definition) is 11. The number of esters is 1. The van der Waals surface area contributed by atoms with Crippen molar-refractivity contribution in [1.82, 2.24) is 35.1 Å². The van der Waals surface area contributed by atoms with Gasteiger partial charge in [0, 0.05) is 93.2 Å². The summed E-state index contributed by atoms with van der Waals surface area (Å²) in [5, 5.41) is 16.8. The fourth-order valence-corrected chi connectivity index (χ4v) is 10.4. The van der Waals surface area contributed by atoms with Gasteiger partial charge in [0.1, 0.15) is 23.9 Å². The zero-order valence-corrected chi connectivity index (χ0v) is 41.8. The molecule has 0 spiro atoms. The van der Waals surface area contributed by atoms with Crippen LogP contribution < -0.4 is 16.5 Å². The third-order valence-corrected chi connectivity index (χ3v) is 14.3. The minimum atomic E-state index is -1.16. The lowest BCUT2D eigenvalue weighted by atomic mass is 9.84. The number of aromatic hydroxyl groups is 1. The smallest absolute Gasteiger partial charge is 0.324 e. The van der Waals surface area contributed by atoms with Crippen molar-refractivity contribution in [3.63, 3.8) is 0 Å². The Kier molecular flexibility index (Phi) is 15.8. The number of likely N-dealkylation sites (N-methyl/N-ethyl adjacent to an activating group) is 1. The zero-order chi connectivity index (χ0) is 49.9. The summed E-state index contributed by atoms with van der Waals surface area (Å²) in [6.07, 6.45) is 3.89. The number of amides is 4. The SMILES string of the molecule is CCn1c(-c2cccnc2[C@H](C)OC)c2c3cc(ccc31)-c1cc(O)cc(c1)C[C@H](NC(=O)[C@H](C(C)C)N(C)C(=O)C1CCN(C(=O)[C@@H](C)CN)CC1)C(=O)N1CCC[C@H](N1)C(=O)OCC(C)(C)C2. The van der Waals surface area contributed by atoms with Gasteiger partial charge in [-0.15, -0.1) is 0 Å². The molecule has 0 radical (unpaired) electrons. The zero-order valence-electron chi connectivity index (χ0n) is 41.8. The monoisotopic (exact) mass is 949 g/mol. The second-order valence-corrected chi connectivity index (χ2v) is 20.4. The molecular formula is C53H72N8O8. The van der Waals surface area contributed by atoms with Crippen LogP contribution in [0, 0.1) is 23.2 Å². The molecule has 16 heteroatoms. The van der Waals surface area contributed by atoms with Crippen LogP contribution in [0.2, 0.25) is 0 Å². The molecular weight excluding hydrogens is 877 g/mol. The third-order valence-electron chi connectivity index (χ3n) is 14.3. The molecule has 4 aromatic rings. The van der Waals surface area contributed by atoms with E-state index in [2.05, 4.69) is 54.3 Å². The van der Waals surface area contributed by atoms with Crippen molar-refractivity contribution in [3.05, 3.63) is 71.5 Å². The van der Waals surface area contributed by atoms with Gasteiger partial charge in [0.2, 0.25) is 17.7 Å². The fraction of sp³-hybridized carbons (Fsp3) is 0.547. The van der Waals surface area contributed by atoms with Crippen LogP contribution in [0.15, 0.2) is 54.7 Å². The molecule has 2 fully saturated rings. The van der Waals surface area contributed by atoms with Crippen LogP contribution in [0.1, 0.15) is 97.1 Å². The Morgan fingerprint density at radius 2 is 1.77 bits per heavy atom. The van der Waals surface area contributed by atoms with Crippen molar-refractivity contribution in [2.75, 3.05) is 46.9 Å². The molecule has 3 aliphatic rings. The number of aromatic nitrogens is 2. The summed E-state index contributed by atoms with van der Waals surface area (Å²) in [5.74, 6) is -2.72. The van der Waals surface area contributed by atoms with E-state index in [0.29, 0.717) is 57.3 Å². The number of methoxy groups -OCH3 is 1. The number of nitrogens with two attached hydrogens (primary N) is 1. The Morgan fingerprint density at radius 1 is 1.03 bits per heavy atom. The number of rotatable bonds is 11. The van der Waals surface area contributed by atoms with E-state index in [0.717, 1.165) is 44.5 Å². The van der Waals surface area contributed by atoms with Gasteiger partial charge >= 0.3 is 5.97 Å². The van der Waals surface area contributed by atoms with Crippen molar-refractivity contribution >= 4 is 40.5 Å². The lowest BCUT2D eigenvalue weighted by Gasteiger charge is -2.38. The highest BCUT2D eigenvalue weighted by molar-refractivity contribution is 5.96. The molecule has 5 N–H and O–H groups in total. The number of phenols is 1. The van der Waals surface area contributed by atoms with E-state index < -0.39 is 41.3 Å². The van der Waals surface area contributed by atoms with Crippen molar-refractivity contribution in [1.29, 1.82) is 0 Å².